The van der Waals surface area contributed by atoms with E-state index >= 15 is 0 Å². The number of hydrogen-bond acceptors (Lipinski definition) is 4. The molecule has 1 heterocycles. The Kier molecular flexibility index (Phi) is 3.38. The molecule has 0 spiro atoms. The lowest BCUT2D eigenvalue weighted by atomic mass is 9.92. The summed E-state index contributed by atoms with van der Waals surface area (Å²) in [5.41, 5.74) is 8.38. The SMILES string of the molecule is Nc1ncc(Br)c(Oc2ccc3c(c2)CCCC3)n1. The van der Waals surface area contributed by atoms with Gasteiger partial charge in [-0.3, -0.25) is 0 Å². The minimum Gasteiger partial charge on any atom is -0.438 e. The van der Waals surface area contributed by atoms with Crippen LogP contribution in [0.5, 0.6) is 11.6 Å². The zero-order valence-corrected chi connectivity index (χ0v) is 12.0. The van der Waals surface area contributed by atoms with Crippen LogP contribution in [-0.4, -0.2) is 9.97 Å². The van der Waals surface area contributed by atoms with E-state index in [0.29, 0.717) is 10.4 Å². The molecule has 5 heteroatoms. The van der Waals surface area contributed by atoms with Crippen molar-refractivity contribution in [3.63, 3.8) is 0 Å². The van der Waals surface area contributed by atoms with E-state index in [1.54, 1.807) is 6.20 Å². The fourth-order valence-corrected chi connectivity index (χ4v) is 2.59. The second kappa shape index (κ2) is 5.17. The predicted octanol–water partition coefficient (Wildman–Crippen LogP) is 3.49. The van der Waals surface area contributed by atoms with Crippen molar-refractivity contribution in [2.24, 2.45) is 0 Å². The van der Waals surface area contributed by atoms with Crippen molar-refractivity contribution < 1.29 is 4.74 Å². The zero-order valence-electron chi connectivity index (χ0n) is 10.4. The molecule has 1 aromatic carbocycles. The number of rotatable bonds is 2. The number of ether oxygens (including phenoxy) is 1. The highest BCUT2D eigenvalue weighted by Gasteiger charge is 2.11. The molecular formula is C14H14BrN3O. The lowest BCUT2D eigenvalue weighted by molar-refractivity contribution is 0.457. The minimum atomic E-state index is 0.205. The summed E-state index contributed by atoms with van der Waals surface area (Å²) in [5.74, 6) is 1.44. The molecule has 0 unspecified atom stereocenters. The van der Waals surface area contributed by atoms with Crippen molar-refractivity contribution in [2.75, 3.05) is 5.73 Å². The Morgan fingerprint density at radius 3 is 2.79 bits per heavy atom. The topological polar surface area (TPSA) is 61.0 Å². The van der Waals surface area contributed by atoms with Crippen LogP contribution in [0.25, 0.3) is 0 Å². The van der Waals surface area contributed by atoms with Crippen LogP contribution in [0.3, 0.4) is 0 Å². The maximum Gasteiger partial charge on any atom is 0.238 e. The Labute approximate surface area is 120 Å². The quantitative estimate of drug-likeness (QED) is 0.920. The molecule has 0 atom stereocenters. The van der Waals surface area contributed by atoms with E-state index in [1.165, 1.54) is 30.4 Å². The van der Waals surface area contributed by atoms with Gasteiger partial charge in [-0.05, 0) is 64.9 Å². The molecule has 1 aliphatic rings. The molecule has 0 bridgehead atoms. The average Bonchev–Trinajstić information content (AvgIpc) is 2.43. The van der Waals surface area contributed by atoms with E-state index in [9.17, 15) is 0 Å². The number of anilines is 1. The first-order valence-electron chi connectivity index (χ1n) is 6.30. The molecular weight excluding hydrogens is 306 g/mol. The standard InChI is InChI=1S/C14H14BrN3O/c15-12-8-17-14(16)18-13(12)19-11-6-5-9-3-1-2-4-10(9)7-11/h5-8H,1-4H2,(H2,16,17,18). The van der Waals surface area contributed by atoms with Gasteiger partial charge in [-0.2, -0.15) is 4.98 Å². The molecule has 98 valence electrons. The van der Waals surface area contributed by atoms with Crippen molar-refractivity contribution >= 4 is 21.9 Å². The van der Waals surface area contributed by atoms with Crippen LogP contribution < -0.4 is 10.5 Å². The number of aryl methyl sites for hydroxylation is 2. The van der Waals surface area contributed by atoms with Crippen LogP contribution in [0.4, 0.5) is 5.95 Å². The molecule has 1 aliphatic carbocycles. The molecule has 0 fully saturated rings. The highest BCUT2D eigenvalue weighted by Crippen LogP contribution is 2.30. The summed E-state index contributed by atoms with van der Waals surface area (Å²) in [6.07, 6.45) is 6.41. The third-order valence-electron chi connectivity index (χ3n) is 3.27. The summed E-state index contributed by atoms with van der Waals surface area (Å²) in [6, 6.07) is 6.22. The summed E-state index contributed by atoms with van der Waals surface area (Å²) < 4.78 is 6.47. The molecule has 0 amide bonds. The van der Waals surface area contributed by atoms with Crippen molar-refractivity contribution in [1.29, 1.82) is 0 Å². The lowest BCUT2D eigenvalue weighted by Crippen LogP contribution is -2.03. The summed E-state index contributed by atoms with van der Waals surface area (Å²) in [5, 5.41) is 0. The largest absolute Gasteiger partial charge is 0.438 e. The van der Waals surface area contributed by atoms with Crippen LogP contribution in [0.15, 0.2) is 28.9 Å². The number of fused-ring (bicyclic) bond motifs is 1. The van der Waals surface area contributed by atoms with Gasteiger partial charge in [-0.1, -0.05) is 6.07 Å². The van der Waals surface area contributed by atoms with Crippen molar-refractivity contribution in [1.82, 2.24) is 9.97 Å². The van der Waals surface area contributed by atoms with Gasteiger partial charge >= 0.3 is 0 Å². The monoisotopic (exact) mass is 319 g/mol. The van der Waals surface area contributed by atoms with Gasteiger partial charge < -0.3 is 10.5 Å². The molecule has 0 aliphatic heterocycles. The van der Waals surface area contributed by atoms with Crippen LogP contribution in [-0.2, 0) is 12.8 Å². The second-order valence-corrected chi connectivity index (χ2v) is 5.48. The van der Waals surface area contributed by atoms with Crippen LogP contribution in [0.1, 0.15) is 24.0 Å². The number of nitrogens with two attached hydrogens (primary N) is 1. The van der Waals surface area contributed by atoms with Gasteiger partial charge in [-0.15, -0.1) is 0 Å². The maximum atomic E-state index is 5.78. The zero-order chi connectivity index (χ0) is 13.2. The number of benzene rings is 1. The third-order valence-corrected chi connectivity index (χ3v) is 3.81. The predicted molar refractivity (Wildman–Crippen MR) is 77.3 cm³/mol. The molecule has 0 saturated heterocycles. The number of hydrogen-bond donors (Lipinski definition) is 1. The second-order valence-electron chi connectivity index (χ2n) is 4.62. The normalized spacial score (nSPS) is 13.9. The molecule has 0 radical (unpaired) electrons. The number of nitrogen functional groups attached to an aromatic ring is 1. The maximum absolute atomic E-state index is 5.78. The van der Waals surface area contributed by atoms with E-state index < -0.39 is 0 Å². The van der Waals surface area contributed by atoms with E-state index in [0.717, 1.165) is 12.2 Å². The molecule has 19 heavy (non-hydrogen) atoms. The Hall–Kier alpha value is -1.62. The van der Waals surface area contributed by atoms with Gasteiger partial charge in [0.15, 0.2) is 0 Å². The van der Waals surface area contributed by atoms with Gasteiger partial charge in [0.1, 0.15) is 5.75 Å². The Bertz CT molecular complexity index is 616. The molecule has 0 saturated carbocycles. The molecule has 2 aromatic rings. The first-order valence-corrected chi connectivity index (χ1v) is 7.09. The summed E-state index contributed by atoms with van der Waals surface area (Å²) in [4.78, 5) is 7.97. The molecule has 2 N–H and O–H groups in total. The Morgan fingerprint density at radius 1 is 1.16 bits per heavy atom. The van der Waals surface area contributed by atoms with Crippen LogP contribution in [0, 0.1) is 0 Å². The number of halogens is 1. The fraction of sp³-hybridized carbons (Fsp3) is 0.286. The first kappa shape index (κ1) is 12.4. The summed E-state index contributed by atoms with van der Waals surface area (Å²) in [7, 11) is 0. The van der Waals surface area contributed by atoms with Crippen molar-refractivity contribution in [3.05, 3.63) is 40.0 Å². The number of nitrogens with zero attached hydrogens (tertiary/aromatic N) is 2. The van der Waals surface area contributed by atoms with Gasteiger partial charge in [0.05, 0.1) is 10.7 Å². The van der Waals surface area contributed by atoms with E-state index in [-0.39, 0.29) is 5.95 Å². The molecule has 1 aromatic heterocycles. The van der Waals surface area contributed by atoms with Crippen LogP contribution >= 0.6 is 15.9 Å². The average molecular weight is 320 g/mol. The summed E-state index contributed by atoms with van der Waals surface area (Å²) in [6.45, 7) is 0. The fourth-order valence-electron chi connectivity index (χ4n) is 2.32. The Balaban J connectivity index is 1.89. The van der Waals surface area contributed by atoms with Crippen molar-refractivity contribution in [2.45, 2.75) is 25.7 Å². The van der Waals surface area contributed by atoms with Gasteiger partial charge in [0.2, 0.25) is 11.8 Å². The van der Waals surface area contributed by atoms with Crippen molar-refractivity contribution in [3.8, 4) is 11.6 Å². The van der Waals surface area contributed by atoms with E-state index in [1.807, 2.05) is 6.07 Å². The highest BCUT2D eigenvalue weighted by atomic mass is 79.9. The first-order chi connectivity index (χ1) is 9.22. The summed E-state index contributed by atoms with van der Waals surface area (Å²) >= 11 is 3.36. The van der Waals surface area contributed by atoms with Gasteiger partial charge in [-0.25, -0.2) is 4.98 Å². The Morgan fingerprint density at radius 2 is 1.95 bits per heavy atom. The minimum absolute atomic E-state index is 0.205. The number of aromatic nitrogens is 2. The van der Waals surface area contributed by atoms with E-state index in [4.69, 9.17) is 10.5 Å². The van der Waals surface area contributed by atoms with E-state index in [2.05, 4.69) is 38.0 Å². The van der Waals surface area contributed by atoms with Crippen LogP contribution in [0.2, 0.25) is 0 Å². The smallest absolute Gasteiger partial charge is 0.238 e. The molecule has 3 rings (SSSR count). The van der Waals surface area contributed by atoms with Gasteiger partial charge in [0.25, 0.3) is 0 Å². The van der Waals surface area contributed by atoms with Gasteiger partial charge in [0, 0.05) is 0 Å². The highest BCUT2D eigenvalue weighted by molar-refractivity contribution is 9.10. The third kappa shape index (κ3) is 2.71. The lowest BCUT2D eigenvalue weighted by Gasteiger charge is -2.16. The molecule has 4 nitrogen and oxygen atoms in total.